The molecule has 7 nitrogen and oxygen atoms in total. The second-order valence-electron chi connectivity index (χ2n) is 5.88. The predicted molar refractivity (Wildman–Crippen MR) is 110 cm³/mol. The summed E-state index contributed by atoms with van der Waals surface area (Å²) in [6, 6.07) is 10.5. The summed E-state index contributed by atoms with van der Waals surface area (Å²) in [6.45, 7) is 3.20. The Morgan fingerprint density at radius 1 is 1.32 bits per heavy atom. The number of aryl methyl sites for hydroxylation is 1. The van der Waals surface area contributed by atoms with E-state index in [1.807, 2.05) is 13.0 Å². The van der Waals surface area contributed by atoms with Gasteiger partial charge in [0.2, 0.25) is 0 Å². The molecule has 28 heavy (non-hydrogen) atoms. The monoisotopic (exact) mass is 443 g/mol. The summed E-state index contributed by atoms with van der Waals surface area (Å²) in [5.74, 6) is 0.669. The number of methoxy groups -OCH3 is 1. The molecular formula is C20H18BrN3O4. The van der Waals surface area contributed by atoms with Crippen LogP contribution in [0.2, 0.25) is 0 Å². The third kappa shape index (κ3) is 3.96. The van der Waals surface area contributed by atoms with Crippen molar-refractivity contribution in [2.75, 3.05) is 7.11 Å². The molecule has 0 saturated carbocycles. The molecule has 0 N–H and O–H groups in total. The number of para-hydroxylation sites is 1. The second kappa shape index (κ2) is 8.35. The third-order valence-corrected chi connectivity index (χ3v) is 4.47. The molecule has 0 aliphatic rings. The zero-order valence-corrected chi connectivity index (χ0v) is 17.2. The molecule has 0 fully saturated rings. The average Bonchev–Trinajstić information content (AvgIpc) is 2.68. The molecular weight excluding hydrogens is 426 g/mol. The third-order valence-electron chi connectivity index (χ3n) is 3.98. The van der Waals surface area contributed by atoms with E-state index in [9.17, 15) is 9.59 Å². The molecule has 0 spiro atoms. The Labute approximate surface area is 169 Å². The molecule has 0 aliphatic heterocycles. The van der Waals surface area contributed by atoms with Crippen LogP contribution in [0.4, 0.5) is 0 Å². The van der Waals surface area contributed by atoms with Crippen LogP contribution in [0.5, 0.6) is 11.5 Å². The molecule has 0 aliphatic carbocycles. The van der Waals surface area contributed by atoms with Gasteiger partial charge in [-0.3, -0.25) is 9.59 Å². The van der Waals surface area contributed by atoms with Gasteiger partial charge in [-0.05, 0) is 30.3 Å². The number of fused-ring (bicyclic) bond motifs is 1. The Morgan fingerprint density at radius 3 is 2.79 bits per heavy atom. The molecule has 8 heteroatoms. The number of carbonyl (C=O) groups is 1. The van der Waals surface area contributed by atoms with Crippen molar-refractivity contribution in [1.29, 1.82) is 0 Å². The largest absolute Gasteiger partial charge is 0.493 e. The standard InChI is InChI=1S/C20H18BrN3O4/c1-4-18-23-16-9-8-14(21)10-15(16)20(26)24(18)22-11-13-6-5-7-17(27-3)19(13)28-12(2)25/h5-11H,4H2,1-3H3. The van der Waals surface area contributed by atoms with Gasteiger partial charge in [-0.25, -0.2) is 4.98 Å². The van der Waals surface area contributed by atoms with Gasteiger partial charge in [0.05, 0.1) is 24.2 Å². The number of aromatic nitrogens is 2. The SMILES string of the molecule is CCc1nc2ccc(Br)cc2c(=O)n1N=Cc1cccc(OC)c1OC(C)=O. The van der Waals surface area contributed by atoms with Crippen LogP contribution in [-0.2, 0) is 11.2 Å². The number of benzene rings is 2. The van der Waals surface area contributed by atoms with Gasteiger partial charge in [0.1, 0.15) is 5.82 Å². The fourth-order valence-corrected chi connectivity index (χ4v) is 3.07. The van der Waals surface area contributed by atoms with Crippen LogP contribution in [0.3, 0.4) is 0 Å². The van der Waals surface area contributed by atoms with Gasteiger partial charge in [0.25, 0.3) is 5.56 Å². The van der Waals surface area contributed by atoms with E-state index in [0.717, 1.165) is 4.47 Å². The first-order chi connectivity index (χ1) is 13.4. The Kier molecular flexibility index (Phi) is 5.89. The summed E-state index contributed by atoms with van der Waals surface area (Å²) in [5, 5.41) is 4.78. The maximum Gasteiger partial charge on any atom is 0.308 e. The van der Waals surface area contributed by atoms with E-state index in [1.165, 1.54) is 24.9 Å². The summed E-state index contributed by atoms with van der Waals surface area (Å²) < 4.78 is 12.6. The highest BCUT2D eigenvalue weighted by atomic mass is 79.9. The lowest BCUT2D eigenvalue weighted by Crippen LogP contribution is -2.22. The van der Waals surface area contributed by atoms with Crippen molar-refractivity contribution < 1.29 is 14.3 Å². The molecule has 3 rings (SSSR count). The van der Waals surface area contributed by atoms with Gasteiger partial charge in [0.15, 0.2) is 11.5 Å². The minimum Gasteiger partial charge on any atom is -0.493 e. The Hall–Kier alpha value is -3.00. The first-order valence-electron chi connectivity index (χ1n) is 8.55. The normalized spacial score (nSPS) is 11.1. The summed E-state index contributed by atoms with van der Waals surface area (Å²) in [7, 11) is 1.48. The van der Waals surface area contributed by atoms with E-state index in [4.69, 9.17) is 9.47 Å². The molecule has 0 unspecified atom stereocenters. The molecule has 1 aromatic heterocycles. The minimum absolute atomic E-state index is 0.240. The maximum atomic E-state index is 12.9. The summed E-state index contributed by atoms with van der Waals surface area (Å²) in [6.07, 6.45) is 1.97. The van der Waals surface area contributed by atoms with Crippen LogP contribution in [0.15, 0.2) is 50.8 Å². The van der Waals surface area contributed by atoms with Gasteiger partial charge < -0.3 is 9.47 Å². The highest BCUT2D eigenvalue weighted by Gasteiger charge is 2.13. The first kappa shape index (κ1) is 19.8. The van der Waals surface area contributed by atoms with E-state index in [0.29, 0.717) is 34.5 Å². The van der Waals surface area contributed by atoms with Gasteiger partial charge in [-0.1, -0.05) is 28.9 Å². The first-order valence-corrected chi connectivity index (χ1v) is 9.34. The number of esters is 1. The minimum atomic E-state index is -0.484. The number of rotatable bonds is 5. The van der Waals surface area contributed by atoms with E-state index >= 15 is 0 Å². The fraction of sp³-hybridized carbons (Fsp3) is 0.200. The van der Waals surface area contributed by atoms with Crippen molar-refractivity contribution in [2.24, 2.45) is 5.10 Å². The van der Waals surface area contributed by atoms with Crippen molar-refractivity contribution in [3.8, 4) is 11.5 Å². The molecule has 0 radical (unpaired) electrons. The molecule has 144 valence electrons. The number of hydrogen-bond donors (Lipinski definition) is 0. The quantitative estimate of drug-likeness (QED) is 0.342. The van der Waals surface area contributed by atoms with Gasteiger partial charge in [-0.15, -0.1) is 0 Å². The van der Waals surface area contributed by atoms with Gasteiger partial charge in [0, 0.05) is 23.4 Å². The molecule has 0 atom stereocenters. The van der Waals surface area contributed by atoms with Crippen LogP contribution in [0.25, 0.3) is 10.9 Å². The lowest BCUT2D eigenvalue weighted by Gasteiger charge is -2.11. The maximum absolute atomic E-state index is 12.9. The van der Waals surface area contributed by atoms with Crippen LogP contribution < -0.4 is 15.0 Å². The Bertz CT molecular complexity index is 1140. The van der Waals surface area contributed by atoms with Crippen LogP contribution in [0, 0.1) is 0 Å². The van der Waals surface area contributed by atoms with Crippen LogP contribution in [-0.4, -0.2) is 29.0 Å². The Balaban J connectivity index is 2.15. The van der Waals surface area contributed by atoms with Crippen molar-refractivity contribution in [2.45, 2.75) is 20.3 Å². The van der Waals surface area contributed by atoms with Gasteiger partial charge in [-0.2, -0.15) is 9.78 Å². The van der Waals surface area contributed by atoms with E-state index in [1.54, 1.807) is 30.3 Å². The molecule has 2 aromatic carbocycles. The van der Waals surface area contributed by atoms with Gasteiger partial charge >= 0.3 is 5.97 Å². The number of carbonyl (C=O) groups excluding carboxylic acids is 1. The van der Waals surface area contributed by atoms with E-state index < -0.39 is 5.97 Å². The van der Waals surface area contributed by atoms with Crippen LogP contribution >= 0.6 is 15.9 Å². The van der Waals surface area contributed by atoms with Crippen molar-refractivity contribution in [3.05, 3.63) is 62.6 Å². The number of ether oxygens (including phenoxy) is 2. The fourth-order valence-electron chi connectivity index (χ4n) is 2.71. The van der Waals surface area contributed by atoms with E-state index in [2.05, 4.69) is 26.0 Å². The molecule has 3 aromatic rings. The topological polar surface area (TPSA) is 82.8 Å². The lowest BCUT2D eigenvalue weighted by atomic mass is 10.2. The van der Waals surface area contributed by atoms with Crippen molar-refractivity contribution >= 4 is 39.0 Å². The van der Waals surface area contributed by atoms with E-state index in [-0.39, 0.29) is 11.3 Å². The zero-order valence-electron chi connectivity index (χ0n) is 15.6. The summed E-state index contributed by atoms with van der Waals surface area (Å²) in [5.41, 5.74) is 0.827. The number of halogens is 1. The molecule has 0 saturated heterocycles. The second-order valence-corrected chi connectivity index (χ2v) is 6.79. The van der Waals surface area contributed by atoms with Crippen LogP contribution in [0.1, 0.15) is 25.2 Å². The van der Waals surface area contributed by atoms with Crippen molar-refractivity contribution in [3.63, 3.8) is 0 Å². The summed E-state index contributed by atoms with van der Waals surface area (Å²) in [4.78, 5) is 28.9. The average molecular weight is 444 g/mol. The Morgan fingerprint density at radius 2 is 2.11 bits per heavy atom. The molecule has 1 heterocycles. The lowest BCUT2D eigenvalue weighted by molar-refractivity contribution is -0.132. The molecule has 0 amide bonds. The van der Waals surface area contributed by atoms with Crippen molar-refractivity contribution in [1.82, 2.24) is 9.66 Å². The number of hydrogen-bond acceptors (Lipinski definition) is 6. The highest BCUT2D eigenvalue weighted by Crippen LogP contribution is 2.30. The number of nitrogens with zero attached hydrogens (tertiary/aromatic N) is 3. The highest BCUT2D eigenvalue weighted by molar-refractivity contribution is 9.10. The summed E-state index contributed by atoms with van der Waals surface area (Å²) >= 11 is 3.37. The molecule has 0 bridgehead atoms. The zero-order chi connectivity index (χ0) is 20.3. The predicted octanol–water partition coefficient (Wildman–Crippen LogP) is 3.54. The smallest absolute Gasteiger partial charge is 0.308 e.